The average Bonchev–Trinajstić information content (AvgIpc) is 2.60. The number of hydrogen-bond acceptors (Lipinski definition) is 0. The smallest absolute Gasteiger partial charge is 0.0411 e. The molecule has 0 fully saturated rings. The predicted molar refractivity (Wildman–Crippen MR) is 99.2 cm³/mol. The van der Waals surface area contributed by atoms with Crippen molar-refractivity contribution in [2.24, 2.45) is 0 Å². The lowest BCUT2D eigenvalue weighted by atomic mass is 9.99. The van der Waals surface area contributed by atoms with Gasteiger partial charge in [0.25, 0.3) is 0 Å². The molecule has 0 aliphatic heterocycles. The van der Waals surface area contributed by atoms with Crippen LogP contribution in [0.5, 0.6) is 0 Å². The van der Waals surface area contributed by atoms with E-state index in [9.17, 15) is 0 Å². The Morgan fingerprint density at radius 3 is 1.30 bits per heavy atom. The molecule has 0 saturated heterocycles. The first kappa shape index (κ1) is 15.8. The Morgan fingerprint density at radius 2 is 0.870 bits per heavy atom. The zero-order chi connectivity index (χ0) is 15.9. The topological polar surface area (TPSA) is 0 Å². The van der Waals surface area contributed by atoms with Crippen molar-refractivity contribution in [1.29, 1.82) is 0 Å². The van der Waals surface area contributed by atoms with Gasteiger partial charge in [0.1, 0.15) is 0 Å². The third kappa shape index (κ3) is 4.97. The second-order valence-corrected chi connectivity index (χ2v) is 6.38. The molecule has 0 bridgehead atoms. The van der Waals surface area contributed by atoms with E-state index in [1.54, 1.807) is 0 Å². The second-order valence-electron chi connectivity index (χ2n) is 5.94. The molecule has 1 heteroatoms. The van der Waals surface area contributed by atoms with Gasteiger partial charge in [-0.15, -0.1) is 0 Å². The Kier molecular flexibility index (Phi) is 5.50. The van der Waals surface area contributed by atoms with E-state index < -0.39 is 0 Å². The van der Waals surface area contributed by atoms with E-state index in [0.29, 0.717) is 0 Å². The van der Waals surface area contributed by atoms with Gasteiger partial charge in [-0.05, 0) is 60.1 Å². The Morgan fingerprint density at radius 1 is 0.478 bits per heavy atom. The van der Waals surface area contributed by atoms with E-state index in [0.717, 1.165) is 30.7 Å². The molecule has 3 aromatic carbocycles. The van der Waals surface area contributed by atoms with Gasteiger partial charge in [0, 0.05) is 5.02 Å². The summed E-state index contributed by atoms with van der Waals surface area (Å²) < 4.78 is 0. The number of aryl methyl sites for hydroxylation is 4. The van der Waals surface area contributed by atoms with Crippen LogP contribution < -0.4 is 0 Å². The Labute approximate surface area is 143 Å². The van der Waals surface area contributed by atoms with E-state index in [-0.39, 0.29) is 0 Å². The highest BCUT2D eigenvalue weighted by atomic mass is 35.5. The fourth-order valence-electron chi connectivity index (χ4n) is 2.87. The van der Waals surface area contributed by atoms with E-state index in [1.807, 2.05) is 0 Å². The van der Waals surface area contributed by atoms with E-state index in [2.05, 4.69) is 78.9 Å². The molecule has 0 saturated carbocycles. The van der Waals surface area contributed by atoms with Crippen molar-refractivity contribution in [2.45, 2.75) is 25.7 Å². The summed E-state index contributed by atoms with van der Waals surface area (Å²) in [7, 11) is 0. The summed E-state index contributed by atoms with van der Waals surface area (Å²) in [5.74, 6) is 0. The third-order valence-electron chi connectivity index (χ3n) is 4.11. The quantitative estimate of drug-likeness (QED) is 0.529. The van der Waals surface area contributed by atoms with Crippen LogP contribution in [0, 0.1) is 0 Å². The van der Waals surface area contributed by atoms with Crippen molar-refractivity contribution in [3.8, 4) is 0 Å². The largest absolute Gasteiger partial charge is 0.0843 e. The van der Waals surface area contributed by atoms with Crippen molar-refractivity contribution in [3.05, 3.63) is 106 Å². The summed E-state index contributed by atoms with van der Waals surface area (Å²) in [5, 5.41) is 0.846. The van der Waals surface area contributed by atoms with Crippen molar-refractivity contribution < 1.29 is 0 Å². The first-order chi connectivity index (χ1) is 11.3. The van der Waals surface area contributed by atoms with E-state index in [4.69, 9.17) is 11.6 Å². The number of rotatable bonds is 6. The van der Waals surface area contributed by atoms with Crippen LogP contribution in [-0.2, 0) is 25.7 Å². The molecule has 23 heavy (non-hydrogen) atoms. The van der Waals surface area contributed by atoms with E-state index in [1.165, 1.54) is 22.3 Å². The molecule has 116 valence electrons. The Balaban J connectivity index is 1.64. The molecule has 0 amide bonds. The molecule has 0 atom stereocenters. The summed E-state index contributed by atoms with van der Waals surface area (Å²) in [6.45, 7) is 0. The predicted octanol–water partition coefficient (Wildman–Crippen LogP) is 5.91. The van der Waals surface area contributed by atoms with Crippen molar-refractivity contribution >= 4 is 11.6 Å². The molecule has 0 aromatic heterocycles. The summed E-state index contributed by atoms with van der Waals surface area (Å²) in [5.41, 5.74) is 5.39. The highest BCUT2D eigenvalue weighted by Crippen LogP contribution is 2.18. The zero-order valence-corrected chi connectivity index (χ0v) is 14.0. The van der Waals surface area contributed by atoms with Crippen molar-refractivity contribution in [1.82, 2.24) is 0 Å². The second kappa shape index (κ2) is 7.99. The number of benzene rings is 3. The monoisotopic (exact) mass is 320 g/mol. The van der Waals surface area contributed by atoms with Gasteiger partial charge in [0.05, 0.1) is 0 Å². The van der Waals surface area contributed by atoms with Gasteiger partial charge in [0.15, 0.2) is 0 Å². The maximum atomic E-state index is 6.31. The van der Waals surface area contributed by atoms with Gasteiger partial charge in [-0.25, -0.2) is 0 Å². The highest BCUT2D eigenvalue weighted by Gasteiger charge is 2.02. The van der Waals surface area contributed by atoms with Crippen LogP contribution in [-0.4, -0.2) is 0 Å². The standard InChI is InChI=1S/C22H21Cl/c23-22-16-20(13-11-18-7-3-1-4-8-18)15-21(17-22)14-12-19-9-5-2-6-10-19/h1-10,15-17H,11-14H2. The van der Waals surface area contributed by atoms with Crippen LogP contribution in [0.4, 0.5) is 0 Å². The minimum Gasteiger partial charge on any atom is -0.0843 e. The summed E-state index contributed by atoms with van der Waals surface area (Å²) in [4.78, 5) is 0. The van der Waals surface area contributed by atoms with Gasteiger partial charge in [-0.1, -0.05) is 78.3 Å². The minimum absolute atomic E-state index is 0.846. The van der Waals surface area contributed by atoms with Gasteiger partial charge >= 0.3 is 0 Å². The molecule has 0 unspecified atom stereocenters. The molecule has 3 aromatic rings. The average molecular weight is 321 g/mol. The molecule has 0 heterocycles. The molecule has 3 rings (SSSR count). The van der Waals surface area contributed by atoms with Crippen LogP contribution in [0.3, 0.4) is 0 Å². The van der Waals surface area contributed by atoms with Gasteiger partial charge in [-0.3, -0.25) is 0 Å². The summed E-state index contributed by atoms with van der Waals surface area (Å²) in [6.07, 6.45) is 4.17. The first-order valence-electron chi connectivity index (χ1n) is 8.16. The van der Waals surface area contributed by atoms with Crippen molar-refractivity contribution in [3.63, 3.8) is 0 Å². The van der Waals surface area contributed by atoms with E-state index >= 15 is 0 Å². The van der Waals surface area contributed by atoms with Crippen LogP contribution >= 0.6 is 11.6 Å². The molecular formula is C22H21Cl. The number of halogens is 1. The van der Waals surface area contributed by atoms with Crippen LogP contribution in [0.1, 0.15) is 22.3 Å². The highest BCUT2D eigenvalue weighted by molar-refractivity contribution is 6.30. The van der Waals surface area contributed by atoms with Gasteiger partial charge < -0.3 is 0 Å². The van der Waals surface area contributed by atoms with Gasteiger partial charge in [0.2, 0.25) is 0 Å². The fourth-order valence-corrected chi connectivity index (χ4v) is 3.15. The fraction of sp³-hybridized carbons (Fsp3) is 0.182. The Hall–Kier alpha value is -2.05. The summed E-state index contributed by atoms with van der Waals surface area (Å²) >= 11 is 6.31. The molecule has 0 radical (unpaired) electrons. The SMILES string of the molecule is Clc1cc(CCc2ccccc2)cc(CCc2ccccc2)c1. The molecule has 0 nitrogen and oxygen atoms in total. The molecule has 0 aliphatic rings. The minimum atomic E-state index is 0.846. The normalized spacial score (nSPS) is 10.7. The molecule has 0 aliphatic carbocycles. The first-order valence-corrected chi connectivity index (χ1v) is 8.53. The summed E-state index contributed by atoms with van der Waals surface area (Å²) in [6, 6.07) is 27.7. The molecule has 0 N–H and O–H groups in total. The van der Waals surface area contributed by atoms with Crippen molar-refractivity contribution in [2.75, 3.05) is 0 Å². The maximum absolute atomic E-state index is 6.31. The van der Waals surface area contributed by atoms with Crippen LogP contribution in [0.2, 0.25) is 5.02 Å². The Bertz CT molecular complexity index is 671. The maximum Gasteiger partial charge on any atom is 0.0411 e. The lowest BCUT2D eigenvalue weighted by molar-refractivity contribution is 0.931. The molecular weight excluding hydrogens is 300 g/mol. The number of hydrogen-bond donors (Lipinski definition) is 0. The zero-order valence-electron chi connectivity index (χ0n) is 13.2. The van der Waals surface area contributed by atoms with Crippen LogP contribution in [0.15, 0.2) is 78.9 Å². The van der Waals surface area contributed by atoms with Gasteiger partial charge in [-0.2, -0.15) is 0 Å². The lowest BCUT2D eigenvalue weighted by Crippen LogP contribution is -1.96. The third-order valence-corrected chi connectivity index (χ3v) is 4.33. The molecule has 0 spiro atoms. The van der Waals surface area contributed by atoms with Crippen LogP contribution in [0.25, 0.3) is 0 Å². The lowest BCUT2D eigenvalue weighted by Gasteiger charge is -2.08.